The van der Waals surface area contributed by atoms with Crippen LogP contribution in [0.25, 0.3) is 0 Å². The van der Waals surface area contributed by atoms with Crippen LogP contribution in [-0.4, -0.2) is 31.1 Å². The molecule has 1 aromatic carbocycles. The second-order valence-electron chi connectivity index (χ2n) is 4.93. The summed E-state index contributed by atoms with van der Waals surface area (Å²) >= 11 is 1.62. The Labute approximate surface area is 154 Å². The van der Waals surface area contributed by atoms with Crippen molar-refractivity contribution in [1.29, 1.82) is 0 Å². The van der Waals surface area contributed by atoms with Crippen molar-refractivity contribution in [2.24, 2.45) is 0 Å². The van der Waals surface area contributed by atoms with Gasteiger partial charge >= 0.3 is 6.68 Å². The molecule has 0 radical (unpaired) electrons. The molecule has 2 N–H and O–H groups in total. The van der Waals surface area contributed by atoms with E-state index in [4.69, 9.17) is 4.74 Å². The molecule has 0 aliphatic heterocycles. The molecule has 9 heteroatoms. The Morgan fingerprint density at radius 1 is 1.04 bits per heavy atom. The van der Waals surface area contributed by atoms with E-state index in [9.17, 15) is 17.6 Å². The van der Waals surface area contributed by atoms with Gasteiger partial charge in [-0.1, -0.05) is 36.2 Å². The average Bonchev–Trinajstić information content (AvgIpc) is 2.62. The van der Waals surface area contributed by atoms with Gasteiger partial charge in [0.25, 0.3) is 0 Å². The molecule has 0 amide bonds. The summed E-state index contributed by atoms with van der Waals surface area (Å²) in [6.45, 7) is -0.812. The third-order valence-electron chi connectivity index (χ3n) is 3.00. The van der Waals surface area contributed by atoms with E-state index in [1.807, 2.05) is 6.26 Å². The van der Waals surface area contributed by atoms with Gasteiger partial charge in [-0.25, -0.2) is 9.37 Å². The minimum atomic E-state index is -3.67. The Morgan fingerprint density at radius 2 is 1.65 bits per heavy atom. The molecule has 1 heterocycles. The molecule has 1 aromatic heterocycles. The van der Waals surface area contributed by atoms with Crippen LogP contribution in [0.4, 0.5) is 17.6 Å². The van der Waals surface area contributed by atoms with Gasteiger partial charge in [0.05, 0.1) is 6.20 Å². The highest BCUT2D eigenvalue weighted by Crippen LogP contribution is 2.06. The smallest absolute Gasteiger partial charge is 0.379 e. The maximum absolute atomic E-state index is 12.7. The molecular weight excluding hydrogens is 370 g/mol. The largest absolute Gasteiger partial charge is 0.476 e. The Kier molecular flexibility index (Phi) is 11.4. The van der Waals surface area contributed by atoms with E-state index in [1.165, 1.54) is 23.3 Å². The van der Waals surface area contributed by atoms with Crippen LogP contribution in [0.3, 0.4) is 0 Å². The van der Waals surface area contributed by atoms with Crippen molar-refractivity contribution >= 4 is 11.9 Å². The average molecular weight is 391 g/mol. The SMILES string of the molecule is CSNCc1ccc(CNCCOc2ccc(F)cn2)cc1.FC(F)F. The predicted octanol–water partition coefficient (Wildman–Crippen LogP) is 3.94. The third-order valence-corrected chi connectivity index (χ3v) is 3.43. The molecule has 26 heavy (non-hydrogen) atoms. The van der Waals surface area contributed by atoms with Gasteiger partial charge in [-0.05, 0) is 23.4 Å². The molecule has 0 fully saturated rings. The lowest BCUT2D eigenvalue weighted by molar-refractivity contribution is 0.00819. The van der Waals surface area contributed by atoms with Crippen LogP contribution in [0.15, 0.2) is 42.6 Å². The molecule has 0 saturated carbocycles. The van der Waals surface area contributed by atoms with Gasteiger partial charge in [0.1, 0.15) is 12.4 Å². The van der Waals surface area contributed by atoms with Gasteiger partial charge < -0.3 is 10.1 Å². The number of nitrogens with one attached hydrogen (secondary N) is 2. The Morgan fingerprint density at radius 3 is 2.19 bits per heavy atom. The van der Waals surface area contributed by atoms with Gasteiger partial charge in [-0.2, -0.15) is 13.2 Å². The molecule has 0 aliphatic rings. The topological polar surface area (TPSA) is 46.2 Å². The Balaban J connectivity index is 0.000000765. The lowest BCUT2D eigenvalue weighted by Gasteiger charge is -2.08. The fourth-order valence-electron chi connectivity index (χ4n) is 1.84. The van der Waals surface area contributed by atoms with Crippen LogP contribution >= 0.6 is 11.9 Å². The first-order chi connectivity index (χ1) is 12.5. The van der Waals surface area contributed by atoms with Crippen LogP contribution < -0.4 is 14.8 Å². The van der Waals surface area contributed by atoms with Crippen LogP contribution in [0.1, 0.15) is 11.1 Å². The predicted molar refractivity (Wildman–Crippen MR) is 95.3 cm³/mol. The Bertz CT molecular complexity index is 597. The fourth-order valence-corrected chi connectivity index (χ4v) is 2.15. The zero-order valence-corrected chi connectivity index (χ0v) is 15.0. The van der Waals surface area contributed by atoms with Gasteiger partial charge in [0, 0.05) is 25.7 Å². The molecule has 144 valence electrons. The summed E-state index contributed by atoms with van der Waals surface area (Å²) in [5, 5.41) is 3.30. The zero-order chi connectivity index (χ0) is 19.2. The molecular formula is C17H21F4N3OS. The van der Waals surface area contributed by atoms with E-state index >= 15 is 0 Å². The second kappa shape index (κ2) is 13.4. The summed E-state index contributed by atoms with van der Waals surface area (Å²) < 4.78 is 50.3. The van der Waals surface area contributed by atoms with Crippen LogP contribution in [0, 0.1) is 5.82 Å². The van der Waals surface area contributed by atoms with Crippen molar-refractivity contribution in [2.45, 2.75) is 19.8 Å². The molecule has 0 aliphatic carbocycles. The first-order valence-corrected chi connectivity index (χ1v) is 8.94. The number of hydrogen-bond acceptors (Lipinski definition) is 5. The second-order valence-corrected chi connectivity index (χ2v) is 5.63. The number of hydrogen-bond donors (Lipinski definition) is 2. The highest BCUT2D eigenvalue weighted by molar-refractivity contribution is 7.96. The van der Waals surface area contributed by atoms with E-state index in [0.29, 0.717) is 19.0 Å². The highest BCUT2D eigenvalue weighted by Gasteiger charge is 1.97. The number of alkyl halides is 3. The van der Waals surface area contributed by atoms with Crippen LogP contribution in [0.2, 0.25) is 0 Å². The van der Waals surface area contributed by atoms with E-state index in [-0.39, 0.29) is 5.82 Å². The minimum absolute atomic E-state index is 0.360. The Hall–Kier alpha value is -1.84. The quantitative estimate of drug-likeness (QED) is 0.385. The van der Waals surface area contributed by atoms with Crippen molar-refractivity contribution < 1.29 is 22.3 Å². The number of ether oxygens (including phenoxy) is 1. The molecule has 2 aromatic rings. The zero-order valence-electron chi connectivity index (χ0n) is 14.2. The monoisotopic (exact) mass is 391 g/mol. The van der Waals surface area contributed by atoms with Crippen molar-refractivity contribution in [2.75, 3.05) is 19.4 Å². The van der Waals surface area contributed by atoms with Gasteiger partial charge in [-0.15, -0.1) is 0 Å². The number of pyridine rings is 1. The van der Waals surface area contributed by atoms with E-state index < -0.39 is 6.68 Å². The molecule has 0 saturated heterocycles. The first-order valence-electron chi connectivity index (χ1n) is 7.72. The lowest BCUT2D eigenvalue weighted by Crippen LogP contribution is -2.20. The fraction of sp³-hybridized carbons (Fsp3) is 0.353. The van der Waals surface area contributed by atoms with Crippen molar-refractivity contribution in [3.05, 3.63) is 59.5 Å². The standard InChI is InChI=1S/C16H20FN3OS.CHF3/c1-22-20-11-14-4-2-13(3-5-14)10-18-8-9-21-16-7-6-15(17)12-19-16;2-1(3)4/h2-7,12,18,20H,8-11H2,1H3;1H. The number of halogens is 4. The summed E-state index contributed by atoms with van der Waals surface area (Å²) in [6.07, 6.45) is 3.16. The summed E-state index contributed by atoms with van der Waals surface area (Å²) in [7, 11) is 0. The molecule has 0 atom stereocenters. The van der Waals surface area contributed by atoms with Crippen molar-refractivity contribution in [1.82, 2.24) is 15.0 Å². The summed E-state index contributed by atoms with van der Waals surface area (Å²) in [4.78, 5) is 3.84. The van der Waals surface area contributed by atoms with E-state index in [1.54, 1.807) is 11.9 Å². The number of benzene rings is 1. The molecule has 0 bridgehead atoms. The van der Waals surface area contributed by atoms with Crippen LogP contribution in [-0.2, 0) is 13.1 Å². The van der Waals surface area contributed by atoms with E-state index in [2.05, 4.69) is 39.3 Å². The van der Waals surface area contributed by atoms with Gasteiger partial charge in [-0.3, -0.25) is 4.72 Å². The highest BCUT2D eigenvalue weighted by atomic mass is 32.2. The summed E-state index contributed by atoms with van der Waals surface area (Å²) in [5.74, 6) is 0.0792. The lowest BCUT2D eigenvalue weighted by atomic mass is 10.1. The van der Waals surface area contributed by atoms with Crippen molar-refractivity contribution in [3.63, 3.8) is 0 Å². The number of aromatic nitrogens is 1. The minimum Gasteiger partial charge on any atom is -0.476 e. The molecule has 0 spiro atoms. The maximum atomic E-state index is 12.7. The number of rotatable bonds is 9. The first kappa shape index (κ1) is 22.2. The third kappa shape index (κ3) is 10.9. The normalized spacial score (nSPS) is 10.4. The van der Waals surface area contributed by atoms with Gasteiger partial charge in [0.15, 0.2) is 0 Å². The summed E-state index contributed by atoms with van der Waals surface area (Å²) in [6, 6.07) is 11.3. The van der Waals surface area contributed by atoms with Crippen LogP contribution in [0.5, 0.6) is 5.88 Å². The number of nitrogens with zero attached hydrogens (tertiary/aromatic N) is 1. The maximum Gasteiger partial charge on any atom is 0.379 e. The van der Waals surface area contributed by atoms with Crippen molar-refractivity contribution in [3.8, 4) is 5.88 Å². The molecule has 2 rings (SSSR count). The summed E-state index contributed by atoms with van der Waals surface area (Å²) in [5.41, 5.74) is 2.50. The van der Waals surface area contributed by atoms with Gasteiger partial charge in [0.2, 0.25) is 5.88 Å². The molecule has 4 nitrogen and oxygen atoms in total. The molecule has 0 unspecified atom stereocenters. The van der Waals surface area contributed by atoms with E-state index in [0.717, 1.165) is 19.3 Å².